The molecule has 1 N–H and O–H groups in total. The summed E-state index contributed by atoms with van der Waals surface area (Å²) in [6.07, 6.45) is 6.22. The molecule has 0 radical (unpaired) electrons. The van der Waals surface area contributed by atoms with Crippen molar-refractivity contribution in [2.24, 2.45) is 0 Å². The third kappa shape index (κ3) is 5.62. The van der Waals surface area contributed by atoms with Crippen molar-refractivity contribution in [1.29, 1.82) is 0 Å². The van der Waals surface area contributed by atoms with Crippen LogP contribution in [0.4, 0.5) is 4.39 Å². The van der Waals surface area contributed by atoms with Crippen molar-refractivity contribution < 1.29 is 18.7 Å². The molecule has 0 aliphatic carbocycles. The lowest BCUT2D eigenvalue weighted by atomic mass is 10.2. The van der Waals surface area contributed by atoms with Gasteiger partial charge in [-0.05, 0) is 45.0 Å². The second-order valence-electron chi connectivity index (χ2n) is 7.25. The maximum atomic E-state index is 13.9. The zero-order valence-corrected chi connectivity index (χ0v) is 18.8. The van der Waals surface area contributed by atoms with Gasteiger partial charge in [-0.3, -0.25) is 9.36 Å². The largest absolute Gasteiger partial charge is 0.501 e. The fourth-order valence-electron chi connectivity index (χ4n) is 2.94. The van der Waals surface area contributed by atoms with E-state index in [-0.39, 0.29) is 36.0 Å². The maximum Gasteiger partial charge on any atom is 0.354 e. The molecule has 2 aromatic heterocycles. The summed E-state index contributed by atoms with van der Waals surface area (Å²) >= 11 is 0. The number of nitrogens with one attached hydrogen (secondary N) is 1. The Morgan fingerprint density at radius 3 is 2.64 bits per heavy atom. The van der Waals surface area contributed by atoms with Gasteiger partial charge >= 0.3 is 5.69 Å². The van der Waals surface area contributed by atoms with Gasteiger partial charge in [-0.25, -0.2) is 19.2 Å². The van der Waals surface area contributed by atoms with Gasteiger partial charge in [-0.1, -0.05) is 0 Å². The van der Waals surface area contributed by atoms with Gasteiger partial charge in [0, 0.05) is 29.6 Å². The summed E-state index contributed by atoms with van der Waals surface area (Å²) in [5.41, 5.74) is 0.432. The van der Waals surface area contributed by atoms with E-state index in [4.69, 9.17) is 9.47 Å². The Bertz CT molecular complexity index is 1200. The Kier molecular flexibility index (Phi) is 7.54. The summed E-state index contributed by atoms with van der Waals surface area (Å²) < 4.78 is 26.3. The summed E-state index contributed by atoms with van der Waals surface area (Å²) in [5.74, 6) is -0.798. The number of hydrogen-bond acceptors (Lipinski definition) is 7. The lowest BCUT2D eigenvalue weighted by Crippen LogP contribution is -2.36. The molecule has 0 aliphatic rings. The van der Waals surface area contributed by atoms with Crippen molar-refractivity contribution in [2.45, 2.75) is 33.4 Å². The van der Waals surface area contributed by atoms with E-state index in [0.29, 0.717) is 17.7 Å². The van der Waals surface area contributed by atoms with E-state index in [0.717, 1.165) is 4.68 Å². The number of hydrogen-bond donors (Lipinski definition) is 1. The van der Waals surface area contributed by atoms with E-state index in [2.05, 4.69) is 20.4 Å². The number of aromatic nitrogens is 5. The van der Waals surface area contributed by atoms with Gasteiger partial charge in [-0.2, -0.15) is 0 Å². The van der Waals surface area contributed by atoms with Crippen molar-refractivity contribution in [3.05, 3.63) is 58.7 Å². The minimum absolute atomic E-state index is 0.0191. The molecule has 0 unspecified atom stereocenters. The summed E-state index contributed by atoms with van der Waals surface area (Å²) in [6.45, 7) is 5.73. The molecule has 0 fully saturated rings. The summed E-state index contributed by atoms with van der Waals surface area (Å²) in [6, 6.07) is 3.94. The number of rotatable bonds is 9. The van der Waals surface area contributed by atoms with Crippen LogP contribution in [0.5, 0.6) is 5.75 Å². The van der Waals surface area contributed by atoms with E-state index in [1.54, 1.807) is 6.08 Å². The van der Waals surface area contributed by atoms with Gasteiger partial charge in [-0.15, -0.1) is 9.78 Å². The van der Waals surface area contributed by atoms with Crippen LogP contribution in [0, 0.1) is 5.82 Å². The van der Waals surface area contributed by atoms with Crippen LogP contribution in [-0.4, -0.2) is 50.0 Å². The lowest BCUT2D eigenvalue weighted by Gasteiger charge is -2.10. The predicted octanol–water partition coefficient (Wildman–Crippen LogP) is 2.17. The number of amides is 1. The molecule has 0 bridgehead atoms. The first kappa shape index (κ1) is 23.6. The number of nitrogens with zero attached hydrogens (tertiary/aromatic N) is 5. The van der Waals surface area contributed by atoms with E-state index >= 15 is 0 Å². The van der Waals surface area contributed by atoms with Crippen LogP contribution >= 0.6 is 0 Å². The number of benzene rings is 1. The molecular formula is C22H25FN6O4. The lowest BCUT2D eigenvalue weighted by molar-refractivity contribution is -0.122. The third-order valence-electron chi connectivity index (χ3n) is 4.39. The Hall–Kier alpha value is -4.02. The van der Waals surface area contributed by atoms with Crippen LogP contribution < -0.4 is 15.7 Å². The topological polar surface area (TPSA) is 113 Å². The van der Waals surface area contributed by atoms with Crippen LogP contribution in [0.1, 0.15) is 26.3 Å². The van der Waals surface area contributed by atoms with Crippen molar-refractivity contribution in [2.75, 3.05) is 13.7 Å². The predicted molar refractivity (Wildman–Crippen MR) is 119 cm³/mol. The minimum atomic E-state index is -0.621. The van der Waals surface area contributed by atoms with Crippen LogP contribution in [0.2, 0.25) is 0 Å². The molecule has 0 spiro atoms. The smallest absolute Gasteiger partial charge is 0.354 e. The fraction of sp³-hybridized carbons (Fsp3) is 0.318. The second kappa shape index (κ2) is 10.5. The first-order valence-electron chi connectivity index (χ1n) is 10.3. The zero-order valence-electron chi connectivity index (χ0n) is 18.8. The first-order valence-corrected chi connectivity index (χ1v) is 10.3. The summed E-state index contributed by atoms with van der Waals surface area (Å²) in [7, 11) is 1.33. The molecule has 1 amide bonds. The molecule has 0 atom stereocenters. The van der Waals surface area contributed by atoms with Gasteiger partial charge in [0.1, 0.15) is 6.54 Å². The Balaban J connectivity index is 2.06. The van der Waals surface area contributed by atoms with Crippen molar-refractivity contribution >= 4 is 12.0 Å². The molecule has 174 valence electrons. The summed E-state index contributed by atoms with van der Waals surface area (Å²) in [5, 5.41) is 7.07. The SMILES string of the molecule is CCOC=Cc1cnc(-n2nc(-c3ccc(F)c(OC)c3)n(CC(=O)NC(C)C)c2=O)nc1. The van der Waals surface area contributed by atoms with Crippen LogP contribution in [-0.2, 0) is 16.1 Å². The molecular weight excluding hydrogens is 431 g/mol. The van der Waals surface area contributed by atoms with E-state index in [1.807, 2.05) is 20.8 Å². The summed E-state index contributed by atoms with van der Waals surface area (Å²) in [4.78, 5) is 34.0. The number of ether oxygens (including phenoxy) is 2. The molecule has 1 aromatic carbocycles. The van der Waals surface area contributed by atoms with Gasteiger partial charge in [0.25, 0.3) is 5.95 Å². The highest BCUT2D eigenvalue weighted by Gasteiger charge is 2.21. The van der Waals surface area contributed by atoms with Gasteiger partial charge in [0.05, 0.1) is 20.0 Å². The number of carbonyl (C=O) groups excluding carboxylic acids is 1. The molecule has 33 heavy (non-hydrogen) atoms. The van der Waals surface area contributed by atoms with Crippen LogP contribution in [0.25, 0.3) is 23.4 Å². The first-order chi connectivity index (χ1) is 15.8. The number of methoxy groups -OCH3 is 1. The third-order valence-corrected chi connectivity index (χ3v) is 4.39. The normalized spacial score (nSPS) is 11.2. The molecule has 0 aliphatic heterocycles. The molecule has 0 saturated carbocycles. The highest BCUT2D eigenvalue weighted by molar-refractivity contribution is 5.76. The average molecular weight is 456 g/mol. The fourth-order valence-corrected chi connectivity index (χ4v) is 2.94. The number of carbonyl (C=O) groups is 1. The van der Waals surface area contributed by atoms with Crippen molar-refractivity contribution in [1.82, 2.24) is 29.6 Å². The van der Waals surface area contributed by atoms with Crippen molar-refractivity contribution in [3.8, 4) is 23.1 Å². The van der Waals surface area contributed by atoms with Crippen LogP contribution in [0.15, 0.2) is 41.6 Å². The Morgan fingerprint density at radius 2 is 2.00 bits per heavy atom. The van der Waals surface area contributed by atoms with E-state index in [9.17, 15) is 14.0 Å². The standard InChI is InChI=1S/C22H25FN6O4/c1-5-33-9-8-15-11-24-21(25-12-15)29-22(31)28(13-19(30)26-14(2)3)20(27-29)16-6-7-17(23)18(10-16)32-4/h6-12,14H,5,13H2,1-4H3,(H,26,30). The van der Waals surface area contributed by atoms with Crippen molar-refractivity contribution in [3.63, 3.8) is 0 Å². The van der Waals surface area contributed by atoms with Gasteiger partial charge < -0.3 is 14.8 Å². The van der Waals surface area contributed by atoms with Gasteiger partial charge in [0.15, 0.2) is 17.4 Å². The molecule has 3 rings (SSSR count). The maximum absolute atomic E-state index is 13.9. The quantitative estimate of drug-likeness (QED) is 0.491. The monoisotopic (exact) mass is 456 g/mol. The number of halogens is 1. The minimum Gasteiger partial charge on any atom is -0.501 e. The Labute approximate surface area is 189 Å². The highest BCUT2D eigenvalue weighted by Crippen LogP contribution is 2.25. The molecule has 2 heterocycles. The molecule has 11 heteroatoms. The van der Waals surface area contributed by atoms with Gasteiger partial charge in [0.2, 0.25) is 5.91 Å². The average Bonchev–Trinajstić information content (AvgIpc) is 3.10. The molecule has 10 nitrogen and oxygen atoms in total. The van der Waals surface area contributed by atoms with E-state index in [1.165, 1.54) is 48.5 Å². The molecule has 0 saturated heterocycles. The second-order valence-corrected chi connectivity index (χ2v) is 7.25. The molecule has 3 aromatic rings. The highest BCUT2D eigenvalue weighted by atomic mass is 19.1. The Morgan fingerprint density at radius 1 is 1.27 bits per heavy atom. The zero-order chi connectivity index (χ0) is 24.0. The van der Waals surface area contributed by atoms with Crippen LogP contribution in [0.3, 0.4) is 0 Å². The van der Waals surface area contributed by atoms with E-state index < -0.39 is 11.5 Å².